The lowest BCUT2D eigenvalue weighted by Gasteiger charge is -2.28. The molecule has 2 aromatic carbocycles. The molecule has 0 aliphatic rings. The molecule has 0 saturated carbocycles. The number of aromatic nitrogens is 2. The number of phenols is 1. The van der Waals surface area contributed by atoms with Gasteiger partial charge >= 0.3 is 12.1 Å². The maximum Gasteiger partial charge on any atom is 0.471 e. The van der Waals surface area contributed by atoms with Crippen LogP contribution < -0.4 is 15.5 Å². The van der Waals surface area contributed by atoms with E-state index in [-0.39, 0.29) is 23.5 Å². The standard InChI is InChI=1S/C27H19F3I2N6O3S/c28-27(29,30)25(41)38(13-19(24(40)35-10-7-33)16-11-20(31)23(39)21(32)12-16)18-3-1-15(2-4-18)22-14-42-26(37-22)36-17-5-8-34-9-6-17/h1-6,8-9,11-12,14,19,39H,10,13H2,(H,35,40)(H,34,36,37). The first-order valence-electron chi connectivity index (χ1n) is 11.9. The number of thiazole rings is 1. The van der Waals surface area contributed by atoms with Gasteiger partial charge in [-0.3, -0.25) is 14.6 Å². The van der Waals surface area contributed by atoms with E-state index in [0.29, 0.717) is 28.4 Å². The quantitative estimate of drug-likeness (QED) is 0.136. The third-order valence-corrected chi connectivity index (χ3v) is 8.27. The summed E-state index contributed by atoms with van der Waals surface area (Å²) in [4.78, 5) is 34.7. The number of anilines is 3. The smallest absolute Gasteiger partial charge is 0.471 e. The molecule has 1 unspecified atom stereocenters. The summed E-state index contributed by atoms with van der Waals surface area (Å²) in [5.74, 6) is -4.24. The molecule has 0 aliphatic carbocycles. The first kappa shape index (κ1) is 31.4. The van der Waals surface area contributed by atoms with E-state index >= 15 is 0 Å². The predicted molar refractivity (Wildman–Crippen MR) is 168 cm³/mol. The van der Waals surface area contributed by atoms with Crippen molar-refractivity contribution in [1.82, 2.24) is 15.3 Å². The van der Waals surface area contributed by atoms with Gasteiger partial charge in [0.25, 0.3) is 0 Å². The summed E-state index contributed by atoms with van der Waals surface area (Å²) in [6.45, 7) is -1.06. The molecular weight excluding hydrogens is 799 g/mol. The van der Waals surface area contributed by atoms with Gasteiger partial charge in [0.15, 0.2) is 5.13 Å². The molecule has 216 valence electrons. The topological polar surface area (TPSA) is 131 Å². The van der Waals surface area contributed by atoms with Gasteiger partial charge in [-0.1, -0.05) is 12.1 Å². The number of nitrogens with zero attached hydrogens (tertiary/aromatic N) is 4. The summed E-state index contributed by atoms with van der Waals surface area (Å²) in [6, 6.07) is 14.0. The van der Waals surface area contributed by atoms with Gasteiger partial charge in [-0.25, -0.2) is 4.98 Å². The van der Waals surface area contributed by atoms with Gasteiger partial charge in [0, 0.05) is 41.3 Å². The average molecular weight is 818 g/mol. The molecule has 4 rings (SSSR count). The molecule has 0 saturated heterocycles. The zero-order valence-corrected chi connectivity index (χ0v) is 26.3. The van der Waals surface area contributed by atoms with Crippen molar-refractivity contribution in [1.29, 1.82) is 5.26 Å². The summed E-state index contributed by atoms with van der Waals surface area (Å²) < 4.78 is 42.0. The monoisotopic (exact) mass is 818 g/mol. The van der Waals surface area contributed by atoms with Crippen LogP contribution in [0.2, 0.25) is 0 Å². The molecule has 3 N–H and O–H groups in total. The fraction of sp³-hybridized carbons (Fsp3) is 0.148. The molecule has 2 heterocycles. The van der Waals surface area contributed by atoms with Crippen LogP contribution >= 0.6 is 56.5 Å². The number of amides is 2. The lowest BCUT2D eigenvalue weighted by Crippen LogP contribution is -2.46. The van der Waals surface area contributed by atoms with E-state index < -0.39 is 30.5 Å². The maximum atomic E-state index is 13.8. The third kappa shape index (κ3) is 7.66. The second kappa shape index (κ2) is 13.6. The van der Waals surface area contributed by atoms with E-state index in [4.69, 9.17) is 5.26 Å². The Morgan fingerprint density at radius 2 is 1.74 bits per heavy atom. The normalized spacial score (nSPS) is 11.8. The van der Waals surface area contributed by atoms with E-state index in [1.54, 1.807) is 36.0 Å². The molecule has 42 heavy (non-hydrogen) atoms. The molecule has 4 aromatic rings. The number of benzene rings is 2. The third-order valence-electron chi connectivity index (χ3n) is 5.86. The van der Waals surface area contributed by atoms with Gasteiger partial charge in [-0.05, 0) is 87.1 Å². The summed E-state index contributed by atoms with van der Waals surface area (Å²) in [5, 5.41) is 27.0. The zero-order valence-electron chi connectivity index (χ0n) is 21.2. The van der Waals surface area contributed by atoms with Crippen molar-refractivity contribution in [3.05, 3.63) is 79.0 Å². The highest BCUT2D eigenvalue weighted by Gasteiger charge is 2.44. The number of alkyl halides is 3. The Labute approximate surface area is 269 Å². The van der Waals surface area contributed by atoms with Crippen LogP contribution in [0.1, 0.15) is 11.5 Å². The highest BCUT2D eigenvalue weighted by molar-refractivity contribution is 14.1. The molecule has 0 spiro atoms. The van der Waals surface area contributed by atoms with Crippen LogP contribution in [0.15, 0.2) is 66.3 Å². The largest absolute Gasteiger partial charge is 0.506 e. The number of hydrogen-bond acceptors (Lipinski definition) is 8. The van der Waals surface area contributed by atoms with Crippen LogP contribution in [0.5, 0.6) is 5.75 Å². The summed E-state index contributed by atoms with van der Waals surface area (Å²) >= 11 is 5.01. The number of nitrogens with one attached hydrogen (secondary N) is 2. The van der Waals surface area contributed by atoms with Crippen molar-refractivity contribution < 1.29 is 27.9 Å². The van der Waals surface area contributed by atoms with Gasteiger partial charge < -0.3 is 20.6 Å². The van der Waals surface area contributed by atoms with Crippen LogP contribution in [0.4, 0.5) is 29.7 Å². The molecule has 2 amide bonds. The van der Waals surface area contributed by atoms with Crippen LogP contribution in [0, 0.1) is 18.5 Å². The maximum absolute atomic E-state index is 13.8. The van der Waals surface area contributed by atoms with Gasteiger partial charge in [-0.15, -0.1) is 11.3 Å². The molecule has 0 fully saturated rings. The molecule has 9 nitrogen and oxygen atoms in total. The number of halogens is 5. The highest BCUT2D eigenvalue weighted by Crippen LogP contribution is 2.34. The van der Waals surface area contributed by atoms with Crippen molar-refractivity contribution in [2.24, 2.45) is 0 Å². The molecular formula is C27H19F3I2N6O3S. The number of nitriles is 1. The van der Waals surface area contributed by atoms with Crippen molar-refractivity contribution in [3.63, 3.8) is 0 Å². The van der Waals surface area contributed by atoms with Crippen LogP contribution in [0.25, 0.3) is 11.3 Å². The van der Waals surface area contributed by atoms with Crippen molar-refractivity contribution >= 4 is 84.8 Å². The van der Waals surface area contributed by atoms with Gasteiger partial charge in [-0.2, -0.15) is 18.4 Å². The first-order chi connectivity index (χ1) is 20.0. The predicted octanol–water partition coefficient (Wildman–Crippen LogP) is 6.18. The molecule has 1 atom stereocenters. The molecule has 15 heteroatoms. The van der Waals surface area contributed by atoms with E-state index in [0.717, 1.165) is 5.69 Å². The fourth-order valence-corrected chi connectivity index (χ4v) is 6.41. The van der Waals surface area contributed by atoms with Crippen LogP contribution in [-0.4, -0.2) is 46.2 Å². The minimum absolute atomic E-state index is 0.0453. The van der Waals surface area contributed by atoms with Crippen LogP contribution in [-0.2, 0) is 9.59 Å². The Morgan fingerprint density at radius 3 is 2.33 bits per heavy atom. The number of hydrogen-bond donors (Lipinski definition) is 3. The SMILES string of the molecule is N#CCNC(=O)C(CN(C(=O)C(F)(F)F)c1ccc(-c2csc(Nc3ccncc3)n2)cc1)c1cc(I)c(O)c(I)c1. The van der Waals surface area contributed by atoms with E-state index in [1.807, 2.05) is 45.2 Å². The van der Waals surface area contributed by atoms with Crippen molar-refractivity contribution in [2.45, 2.75) is 12.1 Å². The highest BCUT2D eigenvalue weighted by atomic mass is 127. The van der Waals surface area contributed by atoms with Gasteiger partial charge in [0.1, 0.15) is 12.3 Å². The number of rotatable bonds is 9. The minimum atomic E-state index is -5.23. The number of phenolic OH excluding ortho intramolecular Hbond substituents is 1. The van der Waals surface area contributed by atoms with E-state index in [1.165, 1.54) is 47.7 Å². The Hall–Kier alpha value is -3.50. The van der Waals surface area contributed by atoms with Gasteiger partial charge in [0.2, 0.25) is 5.91 Å². The van der Waals surface area contributed by atoms with Crippen LogP contribution in [0.3, 0.4) is 0 Å². The van der Waals surface area contributed by atoms with Gasteiger partial charge in [0.05, 0.1) is 24.8 Å². The number of pyridine rings is 1. The molecule has 0 bridgehead atoms. The molecule has 0 aliphatic heterocycles. The number of carbonyl (C=O) groups excluding carboxylic acids is 2. The lowest BCUT2D eigenvalue weighted by molar-refractivity contribution is -0.170. The lowest BCUT2D eigenvalue weighted by atomic mass is 9.96. The van der Waals surface area contributed by atoms with Crippen molar-refractivity contribution in [2.75, 3.05) is 23.3 Å². The van der Waals surface area contributed by atoms with E-state index in [2.05, 4.69) is 20.6 Å². The Morgan fingerprint density at radius 1 is 1.10 bits per heavy atom. The summed E-state index contributed by atoms with van der Waals surface area (Å²) in [7, 11) is 0. The molecule has 0 radical (unpaired) electrons. The Kier molecular flexibility index (Phi) is 10.2. The zero-order chi connectivity index (χ0) is 30.4. The Bertz CT molecular complexity index is 1610. The first-order valence-corrected chi connectivity index (χ1v) is 15.0. The Balaban J connectivity index is 1.66. The summed E-state index contributed by atoms with van der Waals surface area (Å²) in [6.07, 6.45) is -1.97. The van der Waals surface area contributed by atoms with E-state index in [9.17, 15) is 27.9 Å². The number of carbonyl (C=O) groups is 2. The average Bonchev–Trinajstić information content (AvgIpc) is 3.43. The summed E-state index contributed by atoms with van der Waals surface area (Å²) in [5.41, 5.74) is 2.13. The minimum Gasteiger partial charge on any atom is -0.506 e. The van der Waals surface area contributed by atoms with Crippen molar-refractivity contribution in [3.8, 4) is 23.1 Å². The second-order valence-corrected chi connectivity index (χ2v) is 11.8. The fourth-order valence-electron chi connectivity index (χ4n) is 3.85. The number of aromatic hydroxyl groups is 1. The molecule has 2 aromatic heterocycles. The second-order valence-electron chi connectivity index (χ2n) is 8.62.